The van der Waals surface area contributed by atoms with E-state index in [1.807, 2.05) is 24.4 Å². The first kappa shape index (κ1) is 21.3. The molecule has 29 heavy (non-hydrogen) atoms. The minimum Gasteiger partial charge on any atom is -0.494 e. The maximum absolute atomic E-state index is 5.46. The summed E-state index contributed by atoms with van der Waals surface area (Å²) in [5, 5.41) is 3.37. The van der Waals surface area contributed by atoms with Gasteiger partial charge in [0.15, 0.2) is 0 Å². The molecule has 0 amide bonds. The van der Waals surface area contributed by atoms with E-state index in [1.165, 1.54) is 36.9 Å². The molecule has 4 N–H and O–H groups in total. The monoisotopic (exact) mass is 395 g/mol. The number of aromatic nitrogens is 3. The first-order valence-electron chi connectivity index (χ1n) is 10.6. The second-order valence-corrected chi connectivity index (χ2v) is 7.37. The van der Waals surface area contributed by atoms with Crippen LogP contribution in [0.4, 0.5) is 0 Å². The molecule has 0 saturated heterocycles. The highest BCUT2D eigenvalue weighted by atomic mass is 16.5. The fourth-order valence-corrected chi connectivity index (χ4v) is 3.62. The standard InChI is InChI=1S/C14H22N4O.C9H11N/c1-19-12-7-3-2-6-11-14(12)18-13(17-11)10-16-9-5-4-8-15;1-2-6-9-8(4-1)5-3-7-10-9/h2-3,7,16H,4-6,8-10,15H2,1H3,(H,17,18);3,5,7H,1-2,4,6H2. The summed E-state index contributed by atoms with van der Waals surface area (Å²) in [6, 6.07) is 4.23. The molecule has 4 rings (SSSR count). The Hall–Kier alpha value is -2.44. The van der Waals surface area contributed by atoms with E-state index >= 15 is 0 Å². The van der Waals surface area contributed by atoms with E-state index < -0.39 is 0 Å². The smallest absolute Gasteiger partial charge is 0.146 e. The molecule has 0 radical (unpaired) electrons. The molecule has 0 unspecified atom stereocenters. The molecule has 0 fully saturated rings. The van der Waals surface area contributed by atoms with Gasteiger partial charge in [-0.2, -0.15) is 0 Å². The van der Waals surface area contributed by atoms with Crippen molar-refractivity contribution in [1.82, 2.24) is 20.3 Å². The van der Waals surface area contributed by atoms with Crippen molar-refractivity contribution in [1.29, 1.82) is 0 Å². The molecule has 2 aromatic heterocycles. The second-order valence-electron chi connectivity index (χ2n) is 7.37. The topological polar surface area (TPSA) is 88.8 Å². The molecule has 6 heteroatoms. The number of nitrogens with one attached hydrogen (secondary N) is 2. The molecule has 2 heterocycles. The van der Waals surface area contributed by atoms with Gasteiger partial charge in [-0.1, -0.05) is 18.2 Å². The lowest BCUT2D eigenvalue weighted by Gasteiger charge is -2.12. The lowest BCUT2D eigenvalue weighted by molar-refractivity contribution is 0.368. The Labute approximate surface area is 173 Å². The SMILES string of the molecule is COC1=CC=CCc2[nH]c(CNCCCCN)nc21.c1cnc2c(c1)CCCC2. The minimum atomic E-state index is 0.748. The van der Waals surface area contributed by atoms with Gasteiger partial charge in [-0.25, -0.2) is 4.98 Å². The Morgan fingerprint density at radius 1 is 1.24 bits per heavy atom. The van der Waals surface area contributed by atoms with E-state index in [0.717, 1.165) is 61.9 Å². The number of aromatic amines is 1. The summed E-state index contributed by atoms with van der Waals surface area (Å²) in [7, 11) is 1.67. The van der Waals surface area contributed by atoms with Crippen molar-refractivity contribution in [2.45, 2.75) is 51.5 Å². The van der Waals surface area contributed by atoms with Crippen LogP contribution in [-0.4, -0.2) is 35.2 Å². The van der Waals surface area contributed by atoms with Crippen LogP contribution in [0.3, 0.4) is 0 Å². The molecule has 2 aliphatic carbocycles. The average molecular weight is 396 g/mol. The Morgan fingerprint density at radius 3 is 2.97 bits per heavy atom. The van der Waals surface area contributed by atoms with Gasteiger partial charge in [0.1, 0.15) is 17.3 Å². The zero-order chi connectivity index (χ0) is 20.3. The summed E-state index contributed by atoms with van der Waals surface area (Å²) in [6.45, 7) is 2.47. The van der Waals surface area contributed by atoms with Crippen LogP contribution < -0.4 is 11.1 Å². The third-order valence-electron chi connectivity index (χ3n) is 5.18. The van der Waals surface area contributed by atoms with Crippen LogP contribution in [0, 0.1) is 0 Å². The second kappa shape index (κ2) is 11.5. The van der Waals surface area contributed by atoms with Gasteiger partial charge in [0.05, 0.1) is 13.7 Å². The van der Waals surface area contributed by atoms with Crippen LogP contribution in [0.5, 0.6) is 0 Å². The third-order valence-corrected chi connectivity index (χ3v) is 5.18. The lowest BCUT2D eigenvalue weighted by Crippen LogP contribution is -2.16. The number of fused-ring (bicyclic) bond motifs is 2. The largest absolute Gasteiger partial charge is 0.494 e. The van der Waals surface area contributed by atoms with E-state index in [1.54, 1.807) is 7.11 Å². The average Bonchev–Trinajstić information content (AvgIpc) is 3.07. The third kappa shape index (κ3) is 6.27. The van der Waals surface area contributed by atoms with E-state index in [-0.39, 0.29) is 0 Å². The molecule has 2 aromatic rings. The van der Waals surface area contributed by atoms with Gasteiger partial charge < -0.3 is 20.8 Å². The number of rotatable bonds is 7. The number of methoxy groups -OCH3 is 1. The van der Waals surface area contributed by atoms with E-state index in [9.17, 15) is 0 Å². The lowest BCUT2D eigenvalue weighted by atomic mass is 9.96. The van der Waals surface area contributed by atoms with Gasteiger partial charge in [0, 0.05) is 24.0 Å². The molecule has 2 aliphatic rings. The van der Waals surface area contributed by atoms with Crippen molar-refractivity contribution in [3.63, 3.8) is 0 Å². The number of nitrogens with zero attached hydrogens (tertiary/aromatic N) is 2. The molecule has 156 valence electrons. The van der Waals surface area contributed by atoms with E-state index in [0.29, 0.717) is 0 Å². The Kier molecular flexibility index (Phi) is 8.46. The highest BCUT2D eigenvalue weighted by molar-refractivity contribution is 5.62. The van der Waals surface area contributed by atoms with Crippen LogP contribution in [0.15, 0.2) is 36.6 Å². The molecule has 0 atom stereocenters. The van der Waals surface area contributed by atoms with Crippen LogP contribution in [0.1, 0.15) is 54.2 Å². The van der Waals surface area contributed by atoms with Gasteiger partial charge in [-0.05, 0) is 69.3 Å². The van der Waals surface area contributed by atoms with Gasteiger partial charge in [0.25, 0.3) is 0 Å². The molecular weight excluding hydrogens is 362 g/mol. The van der Waals surface area contributed by atoms with Crippen LogP contribution >= 0.6 is 0 Å². The van der Waals surface area contributed by atoms with Gasteiger partial charge in [-0.15, -0.1) is 0 Å². The highest BCUT2D eigenvalue weighted by Crippen LogP contribution is 2.21. The maximum Gasteiger partial charge on any atom is 0.146 e. The fraction of sp³-hybridized carbons (Fsp3) is 0.478. The number of hydrogen-bond donors (Lipinski definition) is 3. The Balaban J connectivity index is 0.000000200. The first-order valence-corrected chi connectivity index (χ1v) is 10.6. The highest BCUT2D eigenvalue weighted by Gasteiger charge is 2.15. The van der Waals surface area contributed by atoms with Crippen molar-refractivity contribution >= 4 is 5.76 Å². The summed E-state index contributed by atoms with van der Waals surface area (Å²) < 4.78 is 5.36. The summed E-state index contributed by atoms with van der Waals surface area (Å²) in [5.74, 6) is 1.77. The van der Waals surface area contributed by atoms with Gasteiger partial charge >= 0.3 is 0 Å². The van der Waals surface area contributed by atoms with Crippen LogP contribution in [-0.2, 0) is 30.5 Å². The molecule has 0 aliphatic heterocycles. The van der Waals surface area contributed by atoms with Crippen LogP contribution in [0.2, 0.25) is 0 Å². The van der Waals surface area contributed by atoms with E-state index in [4.69, 9.17) is 10.5 Å². The zero-order valence-corrected chi connectivity index (χ0v) is 17.4. The number of nitrogens with two attached hydrogens (primary N) is 1. The Bertz CT molecular complexity index is 799. The Morgan fingerprint density at radius 2 is 2.14 bits per heavy atom. The predicted molar refractivity (Wildman–Crippen MR) is 117 cm³/mol. The predicted octanol–water partition coefficient (Wildman–Crippen LogP) is 3.30. The quantitative estimate of drug-likeness (QED) is 0.626. The number of pyridine rings is 1. The number of unbranched alkanes of at least 4 members (excludes halogenated alkanes) is 1. The summed E-state index contributed by atoms with van der Waals surface area (Å²) in [5.41, 5.74) is 10.3. The normalized spacial score (nSPS) is 14.8. The van der Waals surface area contributed by atoms with Gasteiger partial charge in [0.2, 0.25) is 0 Å². The minimum absolute atomic E-state index is 0.748. The molecular formula is C23H33N5O. The van der Waals surface area contributed by atoms with Crippen molar-refractivity contribution < 1.29 is 4.74 Å². The maximum atomic E-state index is 5.46. The fourth-order valence-electron chi connectivity index (χ4n) is 3.62. The summed E-state index contributed by atoms with van der Waals surface area (Å²) in [4.78, 5) is 12.3. The van der Waals surface area contributed by atoms with Crippen molar-refractivity contribution in [2.75, 3.05) is 20.2 Å². The van der Waals surface area contributed by atoms with E-state index in [2.05, 4.69) is 32.4 Å². The van der Waals surface area contributed by atoms with Crippen molar-refractivity contribution in [3.8, 4) is 0 Å². The number of hydrogen-bond acceptors (Lipinski definition) is 5. The van der Waals surface area contributed by atoms with Gasteiger partial charge in [-0.3, -0.25) is 4.98 Å². The first-order chi connectivity index (χ1) is 14.3. The van der Waals surface area contributed by atoms with Crippen molar-refractivity contribution in [2.24, 2.45) is 5.73 Å². The summed E-state index contributed by atoms with van der Waals surface area (Å²) in [6.07, 6.45) is 16.1. The number of aryl methyl sites for hydroxylation is 2. The molecule has 0 bridgehead atoms. The number of ether oxygens (including phenoxy) is 1. The van der Waals surface area contributed by atoms with Crippen LogP contribution in [0.25, 0.3) is 5.76 Å². The number of imidazole rings is 1. The number of H-pyrrole nitrogens is 1. The van der Waals surface area contributed by atoms with Crippen molar-refractivity contribution in [3.05, 3.63) is 65.0 Å². The molecule has 0 aromatic carbocycles. The summed E-state index contributed by atoms with van der Waals surface area (Å²) >= 11 is 0. The molecule has 6 nitrogen and oxygen atoms in total. The molecule has 0 spiro atoms. The molecule has 0 saturated carbocycles. The zero-order valence-electron chi connectivity index (χ0n) is 17.4. The number of allylic oxidation sites excluding steroid dienone is 3.